The Morgan fingerprint density at radius 2 is 1.93 bits per heavy atom. The zero-order chi connectivity index (χ0) is 10.9. The van der Waals surface area contributed by atoms with Crippen LogP contribution in [0.15, 0.2) is 36.4 Å². The van der Waals surface area contributed by atoms with Gasteiger partial charge < -0.3 is 10.1 Å². The minimum Gasteiger partial charge on any atom is -0.497 e. The summed E-state index contributed by atoms with van der Waals surface area (Å²) in [4.78, 5) is 0. The quantitative estimate of drug-likeness (QED) is 0.569. The van der Waals surface area contributed by atoms with Crippen LogP contribution in [0.5, 0.6) is 5.75 Å². The molecule has 0 spiro atoms. The third-order valence-corrected chi connectivity index (χ3v) is 2.24. The Kier molecular flexibility index (Phi) is 5.56. The summed E-state index contributed by atoms with van der Waals surface area (Å²) in [6.45, 7) is 1.04. The van der Waals surface area contributed by atoms with Gasteiger partial charge in [-0.25, -0.2) is 0 Å². The molecule has 1 aromatic carbocycles. The third-order valence-electron chi connectivity index (χ3n) is 2.24. The molecule has 0 radical (unpaired) electrons. The number of methoxy groups -OCH3 is 1. The highest BCUT2D eigenvalue weighted by Gasteiger charge is 1.91. The molecule has 0 aromatic heterocycles. The Balaban J connectivity index is 2.34. The molecule has 0 bridgehead atoms. The lowest BCUT2D eigenvalue weighted by atomic mass is 10.1. The smallest absolute Gasteiger partial charge is 0.118 e. The molecule has 1 rings (SSSR count). The van der Waals surface area contributed by atoms with Crippen LogP contribution in [0.2, 0.25) is 0 Å². The fourth-order valence-corrected chi connectivity index (χ4v) is 1.33. The molecule has 2 nitrogen and oxygen atoms in total. The summed E-state index contributed by atoms with van der Waals surface area (Å²) in [7, 11) is 3.66. The number of nitrogens with one attached hydrogen (secondary N) is 1. The summed E-state index contributed by atoms with van der Waals surface area (Å²) in [6, 6.07) is 8.19. The first kappa shape index (κ1) is 11.8. The number of allylic oxidation sites excluding steroid dienone is 1. The van der Waals surface area contributed by atoms with Crippen molar-refractivity contribution in [3.8, 4) is 5.75 Å². The highest BCUT2D eigenvalue weighted by Crippen LogP contribution is 2.11. The fraction of sp³-hybridized carbons (Fsp3) is 0.385. The summed E-state index contributed by atoms with van der Waals surface area (Å²) in [5.41, 5.74) is 1.32. The van der Waals surface area contributed by atoms with Gasteiger partial charge in [0.15, 0.2) is 0 Å². The van der Waals surface area contributed by atoms with Gasteiger partial charge in [0.2, 0.25) is 0 Å². The second kappa shape index (κ2) is 7.07. The largest absolute Gasteiger partial charge is 0.497 e. The van der Waals surface area contributed by atoms with Gasteiger partial charge in [0.05, 0.1) is 7.11 Å². The lowest BCUT2D eigenvalue weighted by Crippen LogP contribution is -2.05. The van der Waals surface area contributed by atoms with Gasteiger partial charge >= 0.3 is 0 Å². The summed E-state index contributed by atoms with van der Waals surface area (Å²) < 4.78 is 5.10. The number of hydrogen-bond acceptors (Lipinski definition) is 2. The van der Waals surface area contributed by atoms with Gasteiger partial charge in [-0.3, -0.25) is 0 Å². The molecule has 82 valence electrons. The molecule has 1 N–H and O–H groups in total. The molecular weight excluding hydrogens is 186 g/mol. The highest BCUT2D eigenvalue weighted by atomic mass is 16.5. The van der Waals surface area contributed by atoms with E-state index < -0.39 is 0 Å². The summed E-state index contributed by atoms with van der Waals surface area (Å²) in [5, 5.41) is 3.11. The number of rotatable bonds is 6. The average Bonchev–Trinajstić information content (AvgIpc) is 2.30. The van der Waals surface area contributed by atoms with Crippen LogP contribution in [0.4, 0.5) is 0 Å². The van der Waals surface area contributed by atoms with Crippen molar-refractivity contribution < 1.29 is 4.74 Å². The molecule has 0 aliphatic heterocycles. The minimum absolute atomic E-state index is 0.915. The zero-order valence-corrected chi connectivity index (χ0v) is 9.49. The monoisotopic (exact) mass is 205 g/mol. The molecule has 2 heteroatoms. The maximum atomic E-state index is 5.10. The van der Waals surface area contributed by atoms with Gasteiger partial charge in [-0.2, -0.15) is 0 Å². The van der Waals surface area contributed by atoms with Crippen molar-refractivity contribution in [2.75, 3.05) is 20.7 Å². The first-order chi connectivity index (χ1) is 7.36. The van der Waals surface area contributed by atoms with Crippen molar-refractivity contribution in [1.29, 1.82) is 0 Å². The van der Waals surface area contributed by atoms with Crippen LogP contribution in [0.1, 0.15) is 12.0 Å². The molecule has 0 heterocycles. The molecule has 0 aliphatic rings. The first-order valence-corrected chi connectivity index (χ1v) is 5.29. The Labute approximate surface area is 92.0 Å². The maximum Gasteiger partial charge on any atom is 0.118 e. The van der Waals surface area contributed by atoms with Gasteiger partial charge in [-0.1, -0.05) is 24.3 Å². The summed E-state index contributed by atoms with van der Waals surface area (Å²) in [5.74, 6) is 0.915. The number of benzene rings is 1. The predicted octanol–water partition coefficient (Wildman–Crippen LogP) is 2.40. The van der Waals surface area contributed by atoms with E-state index in [9.17, 15) is 0 Å². The first-order valence-electron chi connectivity index (χ1n) is 5.29. The van der Waals surface area contributed by atoms with E-state index in [1.807, 2.05) is 19.2 Å². The molecule has 0 amide bonds. The topological polar surface area (TPSA) is 21.3 Å². The lowest BCUT2D eigenvalue weighted by Gasteiger charge is -2.00. The van der Waals surface area contributed by atoms with Crippen molar-refractivity contribution >= 4 is 0 Å². The van der Waals surface area contributed by atoms with Gasteiger partial charge in [0.25, 0.3) is 0 Å². The van der Waals surface area contributed by atoms with E-state index >= 15 is 0 Å². The standard InChI is InChI=1S/C13H19NO/c1-14-11-5-3-4-6-12-7-9-13(15-2)10-8-12/h3-4,7-10,14H,5-6,11H2,1-2H3/b4-3-. The van der Waals surface area contributed by atoms with Crippen molar-refractivity contribution in [1.82, 2.24) is 5.32 Å². The van der Waals surface area contributed by atoms with E-state index in [1.165, 1.54) is 5.56 Å². The molecule has 1 aromatic rings. The average molecular weight is 205 g/mol. The third kappa shape index (κ3) is 4.66. The second-order valence-electron chi connectivity index (χ2n) is 3.42. The van der Waals surface area contributed by atoms with E-state index in [2.05, 4.69) is 29.6 Å². The van der Waals surface area contributed by atoms with E-state index in [-0.39, 0.29) is 0 Å². The maximum absolute atomic E-state index is 5.10. The van der Waals surface area contributed by atoms with Gasteiger partial charge in [-0.15, -0.1) is 0 Å². The molecule has 0 unspecified atom stereocenters. The van der Waals surface area contributed by atoms with Gasteiger partial charge in [0, 0.05) is 0 Å². The summed E-state index contributed by atoms with van der Waals surface area (Å²) >= 11 is 0. The summed E-state index contributed by atoms with van der Waals surface area (Å²) in [6.07, 6.45) is 6.50. The lowest BCUT2D eigenvalue weighted by molar-refractivity contribution is 0.414. The normalized spacial score (nSPS) is 10.8. The van der Waals surface area contributed by atoms with E-state index in [0.29, 0.717) is 0 Å². The van der Waals surface area contributed by atoms with Crippen LogP contribution < -0.4 is 10.1 Å². The van der Waals surface area contributed by atoms with Crippen molar-refractivity contribution in [3.63, 3.8) is 0 Å². The number of hydrogen-bond donors (Lipinski definition) is 1. The van der Waals surface area contributed by atoms with Crippen molar-refractivity contribution in [2.45, 2.75) is 12.8 Å². The van der Waals surface area contributed by atoms with Crippen molar-refractivity contribution in [2.24, 2.45) is 0 Å². The van der Waals surface area contributed by atoms with Crippen LogP contribution in [0, 0.1) is 0 Å². The minimum atomic E-state index is 0.915. The van der Waals surface area contributed by atoms with E-state index in [1.54, 1.807) is 7.11 Å². The van der Waals surface area contributed by atoms with Crippen LogP contribution in [0.25, 0.3) is 0 Å². The number of ether oxygens (including phenoxy) is 1. The fourth-order valence-electron chi connectivity index (χ4n) is 1.33. The molecule has 0 fully saturated rings. The Morgan fingerprint density at radius 1 is 1.20 bits per heavy atom. The zero-order valence-electron chi connectivity index (χ0n) is 9.49. The second-order valence-corrected chi connectivity index (χ2v) is 3.42. The molecule has 0 aliphatic carbocycles. The molecule has 15 heavy (non-hydrogen) atoms. The molecular formula is C13H19NO. The SMILES string of the molecule is CNCC/C=C\Cc1ccc(OC)cc1. The van der Waals surface area contributed by atoms with E-state index in [0.717, 1.165) is 25.1 Å². The van der Waals surface area contributed by atoms with Crippen LogP contribution in [0.3, 0.4) is 0 Å². The van der Waals surface area contributed by atoms with E-state index in [4.69, 9.17) is 4.74 Å². The Bertz CT molecular complexity index is 290. The van der Waals surface area contributed by atoms with Crippen LogP contribution >= 0.6 is 0 Å². The van der Waals surface area contributed by atoms with Gasteiger partial charge in [-0.05, 0) is 44.1 Å². The predicted molar refractivity (Wildman–Crippen MR) is 64.4 cm³/mol. The Morgan fingerprint density at radius 3 is 2.53 bits per heavy atom. The molecule has 0 atom stereocenters. The highest BCUT2D eigenvalue weighted by molar-refractivity contribution is 5.28. The van der Waals surface area contributed by atoms with Gasteiger partial charge in [0.1, 0.15) is 5.75 Å². The molecule has 0 saturated carbocycles. The Hall–Kier alpha value is -1.28. The molecule has 0 saturated heterocycles. The van der Waals surface area contributed by atoms with Crippen LogP contribution in [-0.2, 0) is 6.42 Å². The van der Waals surface area contributed by atoms with Crippen molar-refractivity contribution in [3.05, 3.63) is 42.0 Å². The van der Waals surface area contributed by atoms with Crippen LogP contribution in [-0.4, -0.2) is 20.7 Å².